The van der Waals surface area contributed by atoms with Crippen LogP contribution in [0, 0.1) is 0 Å². The van der Waals surface area contributed by atoms with E-state index in [4.69, 9.17) is 10.5 Å². The molecule has 0 aromatic heterocycles. The minimum Gasteiger partial charge on any atom is -0.507 e. The van der Waals surface area contributed by atoms with Gasteiger partial charge in [-0.2, -0.15) is 0 Å². The second-order valence-electron chi connectivity index (χ2n) is 2.69. The first kappa shape index (κ1) is 9.61. The predicted molar refractivity (Wildman–Crippen MR) is 51.8 cm³/mol. The average Bonchev–Trinajstić information content (AvgIpc) is 2.16. The number of phenolic OH excluding ortho intramolecular Hbond substituents is 1. The van der Waals surface area contributed by atoms with Crippen LogP contribution in [0.2, 0.25) is 0 Å². The third-order valence-electron chi connectivity index (χ3n) is 1.85. The summed E-state index contributed by atoms with van der Waals surface area (Å²) >= 11 is 0. The molecule has 0 heterocycles. The van der Waals surface area contributed by atoms with Crippen LogP contribution in [0.5, 0.6) is 11.5 Å². The van der Waals surface area contributed by atoms with Gasteiger partial charge in [0.1, 0.15) is 11.5 Å². The molecular formula is C10H13NO2. The molecule has 1 aromatic carbocycles. The fraction of sp³-hybridized carbons (Fsp3) is 0.200. The molecule has 0 bridgehead atoms. The summed E-state index contributed by atoms with van der Waals surface area (Å²) in [6, 6.07) is 4.66. The van der Waals surface area contributed by atoms with E-state index in [0.717, 1.165) is 0 Å². The second kappa shape index (κ2) is 3.96. The summed E-state index contributed by atoms with van der Waals surface area (Å²) in [4.78, 5) is 0. The monoisotopic (exact) mass is 179 g/mol. The summed E-state index contributed by atoms with van der Waals surface area (Å²) in [5.41, 5.74) is 6.32. The number of rotatable bonds is 3. The van der Waals surface area contributed by atoms with Gasteiger partial charge in [-0.25, -0.2) is 0 Å². The molecule has 0 spiro atoms. The Labute approximate surface area is 77.4 Å². The Bertz CT molecular complexity index is 310. The van der Waals surface area contributed by atoms with Crippen LogP contribution >= 0.6 is 0 Å². The SMILES string of the molecule is C=C[C@H](N)c1ccc(OC)cc1O. The normalized spacial score (nSPS) is 12.2. The Balaban J connectivity index is 3.04. The van der Waals surface area contributed by atoms with E-state index in [1.165, 1.54) is 6.07 Å². The molecule has 3 N–H and O–H groups in total. The van der Waals surface area contributed by atoms with Crippen LogP contribution in [0.15, 0.2) is 30.9 Å². The molecule has 0 aliphatic heterocycles. The van der Waals surface area contributed by atoms with Gasteiger partial charge in [-0.1, -0.05) is 6.08 Å². The van der Waals surface area contributed by atoms with Crippen molar-refractivity contribution in [3.8, 4) is 11.5 Å². The molecule has 0 fully saturated rings. The Morgan fingerprint density at radius 1 is 1.62 bits per heavy atom. The van der Waals surface area contributed by atoms with Gasteiger partial charge >= 0.3 is 0 Å². The highest BCUT2D eigenvalue weighted by atomic mass is 16.5. The quantitative estimate of drug-likeness (QED) is 0.693. The van der Waals surface area contributed by atoms with E-state index in [2.05, 4.69) is 6.58 Å². The van der Waals surface area contributed by atoms with Crippen molar-refractivity contribution in [1.29, 1.82) is 0 Å². The third kappa shape index (κ3) is 2.00. The van der Waals surface area contributed by atoms with E-state index in [0.29, 0.717) is 11.3 Å². The first-order chi connectivity index (χ1) is 6.19. The average molecular weight is 179 g/mol. The lowest BCUT2D eigenvalue weighted by Gasteiger charge is -2.09. The highest BCUT2D eigenvalue weighted by molar-refractivity contribution is 5.42. The number of nitrogens with two attached hydrogens (primary N) is 1. The molecule has 0 aliphatic carbocycles. The molecule has 0 aliphatic rings. The molecule has 0 saturated carbocycles. The van der Waals surface area contributed by atoms with Crippen molar-refractivity contribution in [2.45, 2.75) is 6.04 Å². The van der Waals surface area contributed by atoms with Gasteiger partial charge in [-0.15, -0.1) is 6.58 Å². The number of ether oxygens (including phenoxy) is 1. The zero-order valence-electron chi connectivity index (χ0n) is 7.53. The third-order valence-corrected chi connectivity index (χ3v) is 1.85. The summed E-state index contributed by atoms with van der Waals surface area (Å²) in [5.74, 6) is 0.740. The van der Waals surface area contributed by atoms with Crippen molar-refractivity contribution in [2.24, 2.45) is 5.73 Å². The lowest BCUT2D eigenvalue weighted by molar-refractivity contribution is 0.406. The molecule has 1 aromatic rings. The van der Waals surface area contributed by atoms with Crippen LogP contribution in [0.4, 0.5) is 0 Å². The first-order valence-electron chi connectivity index (χ1n) is 3.94. The van der Waals surface area contributed by atoms with Crippen molar-refractivity contribution in [3.05, 3.63) is 36.4 Å². The van der Waals surface area contributed by atoms with Gasteiger partial charge in [-0.05, 0) is 12.1 Å². The molecule has 0 amide bonds. The van der Waals surface area contributed by atoms with Crippen LogP contribution in [0.25, 0.3) is 0 Å². The summed E-state index contributed by atoms with van der Waals surface area (Å²) in [7, 11) is 1.54. The maximum atomic E-state index is 9.52. The van der Waals surface area contributed by atoms with E-state index in [9.17, 15) is 5.11 Å². The zero-order valence-corrected chi connectivity index (χ0v) is 7.53. The van der Waals surface area contributed by atoms with E-state index < -0.39 is 0 Å². The Morgan fingerprint density at radius 3 is 2.77 bits per heavy atom. The summed E-state index contributed by atoms with van der Waals surface area (Å²) in [6.07, 6.45) is 1.57. The standard InChI is InChI=1S/C10H13NO2/c1-3-9(11)8-5-4-7(13-2)6-10(8)12/h3-6,9,12H,1,11H2,2H3/t9-/m0/s1. The van der Waals surface area contributed by atoms with Crippen LogP contribution in [-0.4, -0.2) is 12.2 Å². The topological polar surface area (TPSA) is 55.5 Å². The Kier molecular flexibility index (Phi) is 2.93. The Hall–Kier alpha value is -1.48. The predicted octanol–water partition coefficient (Wildman–Crippen LogP) is 1.59. The van der Waals surface area contributed by atoms with Crippen molar-refractivity contribution in [1.82, 2.24) is 0 Å². The summed E-state index contributed by atoms with van der Waals surface area (Å²) in [6.45, 7) is 3.55. The van der Waals surface area contributed by atoms with Crippen LogP contribution in [0.1, 0.15) is 11.6 Å². The smallest absolute Gasteiger partial charge is 0.124 e. The summed E-state index contributed by atoms with van der Waals surface area (Å²) in [5, 5.41) is 9.52. The fourth-order valence-corrected chi connectivity index (χ4v) is 1.06. The number of hydrogen-bond acceptors (Lipinski definition) is 3. The lowest BCUT2D eigenvalue weighted by atomic mass is 10.1. The summed E-state index contributed by atoms with van der Waals surface area (Å²) < 4.78 is 4.94. The molecule has 0 radical (unpaired) electrons. The fourth-order valence-electron chi connectivity index (χ4n) is 1.06. The van der Waals surface area contributed by atoms with E-state index in [-0.39, 0.29) is 11.8 Å². The Morgan fingerprint density at radius 2 is 2.31 bits per heavy atom. The van der Waals surface area contributed by atoms with E-state index in [1.807, 2.05) is 0 Å². The van der Waals surface area contributed by atoms with Crippen molar-refractivity contribution in [3.63, 3.8) is 0 Å². The molecule has 0 saturated heterocycles. The zero-order chi connectivity index (χ0) is 9.84. The molecule has 13 heavy (non-hydrogen) atoms. The largest absolute Gasteiger partial charge is 0.507 e. The molecule has 70 valence electrons. The van der Waals surface area contributed by atoms with Crippen LogP contribution in [-0.2, 0) is 0 Å². The van der Waals surface area contributed by atoms with Gasteiger partial charge in [0, 0.05) is 11.6 Å². The van der Waals surface area contributed by atoms with Gasteiger partial charge in [0.05, 0.1) is 13.2 Å². The maximum Gasteiger partial charge on any atom is 0.124 e. The molecule has 0 unspecified atom stereocenters. The molecular weight excluding hydrogens is 166 g/mol. The minimum absolute atomic E-state index is 0.131. The van der Waals surface area contributed by atoms with Crippen molar-refractivity contribution in [2.75, 3.05) is 7.11 Å². The lowest BCUT2D eigenvalue weighted by Crippen LogP contribution is -2.06. The number of aromatic hydroxyl groups is 1. The van der Waals surface area contributed by atoms with E-state index >= 15 is 0 Å². The van der Waals surface area contributed by atoms with Crippen LogP contribution in [0.3, 0.4) is 0 Å². The number of phenols is 1. The minimum atomic E-state index is -0.342. The van der Waals surface area contributed by atoms with Crippen molar-refractivity contribution < 1.29 is 9.84 Å². The van der Waals surface area contributed by atoms with Gasteiger partial charge in [0.15, 0.2) is 0 Å². The van der Waals surface area contributed by atoms with Gasteiger partial charge < -0.3 is 15.6 Å². The number of hydrogen-bond donors (Lipinski definition) is 2. The second-order valence-corrected chi connectivity index (χ2v) is 2.69. The molecule has 1 atom stereocenters. The number of benzene rings is 1. The highest BCUT2D eigenvalue weighted by Gasteiger charge is 2.07. The van der Waals surface area contributed by atoms with Gasteiger partial charge in [0.2, 0.25) is 0 Å². The van der Waals surface area contributed by atoms with Crippen molar-refractivity contribution >= 4 is 0 Å². The molecule has 3 heteroatoms. The van der Waals surface area contributed by atoms with Gasteiger partial charge in [0.25, 0.3) is 0 Å². The van der Waals surface area contributed by atoms with Crippen LogP contribution < -0.4 is 10.5 Å². The highest BCUT2D eigenvalue weighted by Crippen LogP contribution is 2.27. The molecule has 3 nitrogen and oxygen atoms in total. The maximum absolute atomic E-state index is 9.52. The van der Waals surface area contributed by atoms with Gasteiger partial charge in [-0.3, -0.25) is 0 Å². The first-order valence-corrected chi connectivity index (χ1v) is 3.94. The molecule has 1 rings (SSSR count). The number of methoxy groups -OCH3 is 1. The van der Waals surface area contributed by atoms with E-state index in [1.54, 1.807) is 25.3 Å².